The van der Waals surface area contributed by atoms with E-state index in [0.717, 1.165) is 12.0 Å². The average Bonchev–Trinajstić information content (AvgIpc) is 2.45. The molecule has 1 rings (SSSR count). The minimum atomic E-state index is -3.55. The van der Waals surface area contributed by atoms with Crippen molar-refractivity contribution in [2.24, 2.45) is 11.7 Å². The summed E-state index contributed by atoms with van der Waals surface area (Å²) >= 11 is 6.05. The average molecular weight is 333 g/mol. The van der Waals surface area contributed by atoms with Gasteiger partial charge >= 0.3 is 0 Å². The Morgan fingerprint density at radius 3 is 2.43 bits per heavy atom. The van der Waals surface area contributed by atoms with Crippen molar-refractivity contribution in [3.63, 3.8) is 0 Å². The fourth-order valence-electron chi connectivity index (χ4n) is 2.20. The zero-order chi connectivity index (χ0) is 16.2. The molecule has 1 atom stereocenters. The van der Waals surface area contributed by atoms with E-state index in [1.54, 1.807) is 13.0 Å². The van der Waals surface area contributed by atoms with Gasteiger partial charge in [-0.25, -0.2) is 8.42 Å². The second kappa shape index (κ2) is 7.58. The molecule has 0 saturated heterocycles. The first-order chi connectivity index (χ1) is 9.77. The first-order valence-corrected chi connectivity index (χ1v) is 9.08. The molecule has 4 nitrogen and oxygen atoms in total. The highest BCUT2D eigenvalue weighted by Gasteiger charge is 2.27. The van der Waals surface area contributed by atoms with Gasteiger partial charge in [0.2, 0.25) is 10.0 Å². The topological polar surface area (TPSA) is 63.4 Å². The Hall–Kier alpha value is -0.620. The summed E-state index contributed by atoms with van der Waals surface area (Å²) in [6.45, 7) is 8.96. The molecule has 0 amide bonds. The van der Waals surface area contributed by atoms with Gasteiger partial charge in [-0.1, -0.05) is 38.8 Å². The van der Waals surface area contributed by atoms with Crippen LogP contribution in [0.25, 0.3) is 0 Å². The third-order valence-electron chi connectivity index (χ3n) is 3.84. The van der Waals surface area contributed by atoms with Crippen molar-refractivity contribution in [1.82, 2.24) is 4.31 Å². The number of hydrogen-bond acceptors (Lipinski definition) is 3. The second-order valence-electron chi connectivity index (χ2n) is 5.36. The van der Waals surface area contributed by atoms with Crippen LogP contribution in [0, 0.1) is 12.8 Å². The van der Waals surface area contributed by atoms with Crippen molar-refractivity contribution in [1.29, 1.82) is 0 Å². The maximum absolute atomic E-state index is 12.9. The third kappa shape index (κ3) is 4.19. The van der Waals surface area contributed by atoms with Crippen LogP contribution in [0.4, 0.5) is 0 Å². The summed E-state index contributed by atoms with van der Waals surface area (Å²) in [5, 5.41) is 0.402. The van der Waals surface area contributed by atoms with E-state index < -0.39 is 10.0 Å². The highest BCUT2D eigenvalue weighted by atomic mass is 35.5. The molecule has 0 aromatic heterocycles. The molecule has 1 aromatic rings. The van der Waals surface area contributed by atoms with Gasteiger partial charge in [0.1, 0.15) is 0 Å². The standard InChI is InChI=1S/C15H25ClN2O2S/c1-5-11(3)10-18(6-2)21(19,20)15-8-14(16)7-13(9-17)12(15)4/h7-8,11H,5-6,9-10,17H2,1-4H3. The van der Waals surface area contributed by atoms with Crippen LogP contribution in [0.2, 0.25) is 5.02 Å². The van der Waals surface area contributed by atoms with Gasteiger partial charge in [-0.2, -0.15) is 4.31 Å². The third-order valence-corrected chi connectivity index (χ3v) is 6.12. The van der Waals surface area contributed by atoms with Gasteiger partial charge in [0.25, 0.3) is 0 Å². The minimum absolute atomic E-state index is 0.264. The molecular formula is C15H25ClN2O2S. The Morgan fingerprint density at radius 1 is 1.33 bits per heavy atom. The number of halogens is 1. The predicted octanol–water partition coefficient (Wildman–Crippen LogP) is 3.16. The van der Waals surface area contributed by atoms with E-state index in [-0.39, 0.29) is 11.4 Å². The number of benzene rings is 1. The van der Waals surface area contributed by atoms with Crippen molar-refractivity contribution >= 4 is 21.6 Å². The maximum atomic E-state index is 12.9. The molecule has 2 N–H and O–H groups in total. The molecule has 1 unspecified atom stereocenters. The zero-order valence-corrected chi connectivity index (χ0v) is 14.8. The fourth-order valence-corrected chi connectivity index (χ4v) is 4.37. The highest BCUT2D eigenvalue weighted by Crippen LogP contribution is 2.27. The van der Waals surface area contributed by atoms with E-state index >= 15 is 0 Å². The molecule has 0 radical (unpaired) electrons. The van der Waals surface area contributed by atoms with E-state index in [9.17, 15) is 8.42 Å². The molecule has 1 aromatic carbocycles. The van der Waals surface area contributed by atoms with Crippen molar-refractivity contribution in [3.05, 3.63) is 28.3 Å². The van der Waals surface area contributed by atoms with Gasteiger partial charge in [0.05, 0.1) is 4.90 Å². The van der Waals surface area contributed by atoms with Crippen LogP contribution in [0.15, 0.2) is 17.0 Å². The van der Waals surface area contributed by atoms with Gasteiger partial charge in [0.15, 0.2) is 0 Å². The lowest BCUT2D eigenvalue weighted by atomic mass is 10.1. The van der Waals surface area contributed by atoms with Gasteiger partial charge in [-0.15, -0.1) is 0 Å². The van der Waals surface area contributed by atoms with E-state index in [1.807, 2.05) is 13.8 Å². The van der Waals surface area contributed by atoms with Gasteiger partial charge in [-0.05, 0) is 36.1 Å². The molecular weight excluding hydrogens is 308 g/mol. The normalized spacial score (nSPS) is 13.7. The first kappa shape index (κ1) is 18.4. The van der Waals surface area contributed by atoms with E-state index in [1.165, 1.54) is 10.4 Å². The first-order valence-electron chi connectivity index (χ1n) is 7.27. The van der Waals surface area contributed by atoms with E-state index in [4.69, 9.17) is 17.3 Å². The molecule has 0 aliphatic heterocycles. The Bertz CT molecular complexity index is 588. The number of nitrogens with two attached hydrogens (primary N) is 1. The van der Waals surface area contributed by atoms with Gasteiger partial charge in [-0.3, -0.25) is 0 Å². The molecule has 0 spiro atoms. The molecule has 21 heavy (non-hydrogen) atoms. The summed E-state index contributed by atoms with van der Waals surface area (Å²) in [4.78, 5) is 0.264. The largest absolute Gasteiger partial charge is 0.326 e. The van der Waals surface area contributed by atoms with Crippen molar-refractivity contribution in [2.45, 2.75) is 45.6 Å². The van der Waals surface area contributed by atoms with Crippen LogP contribution in [-0.2, 0) is 16.6 Å². The van der Waals surface area contributed by atoms with Crippen LogP contribution in [0.3, 0.4) is 0 Å². The predicted molar refractivity (Wildman–Crippen MR) is 88.0 cm³/mol. The number of nitrogens with zero attached hydrogens (tertiary/aromatic N) is 1. The quantitative estimate of drug-likeness (QED) is 0.834. The lowest BCUT2D eigenvalue weighted by Gasteiger charge is -2.25. The second-order valence-corrected chi connectivity index (χ2v) is 7.70. The summed E-state index contributed by atoms with van der Waals surface area (Å²) in [7, 11) is -3.55. The van der Waals surface area contributed by atoms with Crippen molar-refractivity contribution < 1.29 is 8.42 Å². The summed E-state index contributed by atoms with van der Waals surface area (Å²) < 4.78 is 27.3. The molecule has 6 heteroatoms. The Morgan fingerprint density at radius 2 is 1.95 bits per heavy atom. The Kier molecular flexibility index (Phi) is 6.66. The van der Waals surface area contributed by atoms with Crippen LogP contribution in [-0.4, -0.2) is 25.8 Å². The maximum Gasteiger partial charge on any atom is 0.243 e. The number of rotatable bonds is 7. The van der Waals surface area contributed by atoms with Crippen LogP contribution >= 0.6 is 11.6 Å². The Balaban J connectivity index is 3.32. The van der Waals surface area contributed by atoms with Gasteiger partial charge in [0, 0.05) is 24.7 Å². The monoisotopic (exact) mass is 332 g/mol. The summed E-state index contributed by atoms with van der Waals surface area (Å²) in [6.07, 6.45) is 0.939. The minimum Gasteiger partial charge on any atom is -0.326 e. The van der Waals surface area contributed by atoms with Crippen LogP contribution in [0.1, 0.15) is 38.3 Å². The SMILES string of the molecule is CCC(C)CN(CC)S(=O)(=O)c1cc(Cl)cc(CN)c1C. The van der Waals surface area contributed by atoms with Crippen molar-refractivity contribution in [3.8, 4) is 0 Å². The number of hydrogen-bond donors (Lipinski definition) is 1. The zero-order valence-electron chi connectivity index (χ0n) is 13.2. The van der Waals surface area contributed by atoms with E-state index in [0.29, 0.717) is 29.6 Å². The molecule has 0 bridgehead atoms. The van der Waals surface area contributed by atoms with E-state index in [2.05, 4.69) is 6.92 Å². The summed E-state index contributed by atoms with van der Waals surface area (Å²) in [6, 6.07) is 3.24. The highest BCUT2D eigenvalue weighted by molar-refractivity contribution is 7.89. The lowest BCUT2D eigenvalue weighted by Crippen LogP contribution is -2.35. The molecule has 0 aliphatic carbocycles. The molecule has 120 valence electrons. The van der Waals surface area contributed by atoms with Crippen LogP contribution in [0.5, 0.6) is 0 Å². The molecule has 0 fully saturated rings. The summed E-state index contributed by atoms with van der Waals surface area (Å²) in [5.74, 6) is 0.313. The van der Waals surface area contributed by atoms with Crippen LogP contribution < -0.4 is 5.73 Å². The molecule has 0 saturated carbocycles. The fraction of sp³-hybridized carbons (Fsp3) is 0.600. The van der Waals surface area contributed by atoms with Gasteiger partial charge < -0.3 is 5.73 Å². The smallest absolute Gasteiger partial charge is 0.243 e. The number of sulfonamides is 1. The molecule has 0 aliphatic rings. The lowest BCUT2D eigenvalue weighted by molar-refractivity contribution is 0.361. The molecule has 0 heterocycles. The van der Waals surface area contributed by atoms with Crippen molar-refractivity contribution in [2.75, 3.05) is 13.1 Å². The Labute approximate surface area is 133 Å². The summed E-state index contributed by atoms with van der Waals surface area (Å²) in [5.41, 5.74) is 7.12.